The molecule has 0 aliphatic rings. The number of ether oxygens (including phenoxy) is 1. The minimum absolute atomic E-state index is 0.0164. The fourth-order valence-corrected chi connectivity index (χ4v) is 2.44. The number of nitrogens with one attached hydrogen (secondary N) is 2. The normalized spacial score (nSPS) is 10.2. The summed E-state index contributed by atoms with van der Waals surface area (Å²) in [4.78, 5) is 12.0. The van der Waals surface area contributed by atoms with E-state index >= 15 is 0 Å². The van der Waals surface area contributed by atoms with E-state index in [9.17, 15) is 4.79 Å². The summed E-state index contributed by atoms with van der Waals surface area (Å²) in [6.45, 7) is 2.82. The second-order valence-corrected chi connectivity index (χ2v) is 6.07. The second kappa shape index (κ2) is 8.72. The molecule has 0 heterocycles. The van der Waals surface area contributed by atoms with Gasteiger partial charge in [0.25, 0.3) is 5.91 Å². The molecule has 0 radical (unpaired) electrons. The highest BCUT2D eigenvalue weighted by Gasteiger charge is 2.04. The predicted octanol–water partition coefficient (Wildman–Crippen LogP) is 4.62. The first-order chi connectivity index (χ1) is 12.7. The van der Waals surface area contributed by atoms with E-state index in [-0.39, 0.29) is 12.5 Å². The second-order valence-electron chi connectivity index (χ2n) is 6.07. The maximum absolute atomic E-state index is 12.0. The van der Waals surface area contributed by atoms with Gasteiger partial charge in [0.2, 0.25) is 0 Å². The lowest BCUT2D eigenvalue weighted by atomic mass is 10.1. The minimum Gasteiger partial charge on any atom is -0.484 e. The van der Waals surface area contributed by atoms with Gasteiger partial charge in [-0.15, -0.1) is 0 Å². The Morgan fingerprint density at radius 1 is 0.846 bits per heavy atom. The topological polar surface area (TPSA) is 50.4 Å². The first kappa shape index (κ1) is 17.5. The van der Waals surface area contributed by atoms with Gasteiger partial charge >= 0.3 is 0 Å². The van der Waals surface area contributed by atoms with Gasteiger partial charge in [-0.25, -0.2) is 0 Å². The lowest BCUT2D eigenvalue weighted by Gasteiger charge is -2.10. The molecule has 0 unspecified atom stereocenters. The Morgan fingerprint density at radius 3 is 2.19 bits per heavy atom. The Kier molecular flexibility index (Phi) is 5.88. The third-order valence-corrected chi connectivity index (χ3v) is 3.90. The van der Waals surface area contributed by atoms with Crippen molar-refractivity contribution in [2.24, 2.45) is 0 Å². The maximum atomic E-state index is 12.0. The average molecular weight is 346 g/mol. The highest BCUT2D eigenvalue weighted by Crippen LogP contribution is 2.15. The fraction of sp³-hybridized carbons (Fsp3) is 0.136. The molecule has 0 saturated heterocycles. The van der Waals surface area contributed by atoms with E-state index in [1.54, 1.807) is 0 Å². The molecule has 0 fully saturated rings. The summed E-state index contributed by atoms with van der Waals surface area (Å²) in [5.74, 6) is 0.493. The Balaban J connectivity index is 1.46. The van der Waals surface area contributed by atoms with Gasteiger partial charge < -0.3 is 15.4 Å². The van der Waals surface area contributed by atoms with Crippen LogP contribution in [0, 0.1) is 6.92 Å². The molecule has 3 rings (SSSR count). The largest absolute Gasteiger partial charge is 0.484 e. The summed E-state index contributed by atoms with van der Waals surface area (Å²) in [6.07, 6.45) is 0. The molecular formula is C22H22N2O2. The molecule has 0 spiro atoms. The van der Waals surface area contributed by atoms with Gasteiger partial charge in [0.1, 0.15) is 5.75 Å². The van der Waals surface area contributed by atoms with Gasteiger partial charge in [-0.1, -0.05) is 48.0 Å². The van der Waals surface area contributed by atoms with Crippen molar-refractivity contribution >= 4 is 17.3 Å². The van der Waals surface area contributed by atoms with Crippen LogP contribution in [0.3, 0.4) is 0 Å². The van der Waals surface area contributed by atoms with E-state index in [2.05, 4.69) is 41.8 Å². The highest BCUT2D eigenvalue weighted by molar-refractivity contribution is 5.92. The number of carbonyl (C=O) groups excluding carboxylic acids is 1. The zero-order valence-electron chi connectivity index (χ0n) is 14.7. The van der Waals surface area contributed by atoms with Crippen LogP contribution in [-0.4, -0.2) is 12.5 Å². The van der Waals surface area contributed by atoms with Gasteiger partial charge in [-0.05, 0) is 48.9 Å². The molecule has 3 aromatic rings. The fourth-order valence-electron chi connectivity index (χ4n) is 2.44. The smallest absolute Gasteiger partial charge is 0.262 e. The van der Waals surface area contributed by atoms with E-state index in [1.165, 1.54) is 11.1 Å². The van der Waals surface area contributed by atoms with Crippen LogP contribution in [0.25, 0.3) is 0 Å². The predicted molar refractivity (Wildman–Crippen MR) is 106 cm³/mol. The molecule has 1 amide bonds. The van der Waals surface area contributed by atoms with Gasteiger partial charge in [0.15, 0.2) is 6.61 Å². The van der Waals surface area contributed by atoms with E-state index in [0.29, 0.717) is 5.75 Å². The van der Waals surface area contributed by atoms with Crippen molar-refractivity contribution in [3.05, 3.63) is 90.0 Å². The number of benzene rings is 3. The van der Waals surface area contributed by atoms with Crippen LogP contribution in [-0.2, 0) is 11.3 Å². The monoisotopic (exact) mass is 346 g/mol. The van der Waals surface area contributed by atoms with E-state index in [1.807, 2.05) is 54.6 Å². The van der Waals surface area contributed by atoms with Crippen LogP contribution in [0.2, 0.25) is 0 Å². The van der Waals surface area contributed by atoms with E-state index in [4.69, 9.17) is 4.74 Å². The lowest BCUT2D eigenvalue weighted by molar-refractivity contribution is -0.118. The third kappa shape index (κ3) is 5.38. The summed E-state index contributed by atoms with van der Waals surface area (Å²) in [7, 11) is 0. The average Bonchev–Trinajstić information content (AvgIpc) is 2.68. The summed E-state index contributed by atoms with van der Waals surface area (Å²) >= 11 is 0. The van der Waals surface area contributed by atoms with E-state index < -0.39 is 0 Å². The van der Waals surface area contributed by atoms with Crippen LogP contribution in [0.15, 0.2) is 78.9 Å². The maximum Gasteiger partial charge on any atom is 0.262 e. The Labute approximate surface area is 153 Å². The van der Waals surface area contributed by atoms with Crippen molar-refractivity contribution < 1.29 is 9.53 Å². The number of carbonyl (C=O) groups is 1. The van der Waals surface area contributed by atoms with Crippen molar-refractivity contribution in [3.8, 4) is 5.75 Å². The van der Waals surface area contributed by atoms with Crippen LogP contribution in [0.1, 0.15) is 11.1 Å². The van der Waals surface area contributed by atoms with Crippen LogP contribution in [0.4, 0.5) is 11.4 Å². The number of hydrogen-bond acceptors (Lipinski definition) is 3. The highest BCUT2D eigenvalue weighted by atomic mass is 16.5. The molecule has 0 saturated carbocycles. The Bertz CT molecular complexity index is 828. The van der Waals surface area contributed by atoms with Gasteiger partial charge in [-0.3, -0.25) is 4.79 Å². The lowest BCUT2D eigenvalue weighted by Crippen LogP contribution is -2.20. The third-order valence-electron chi connectivity index (χ3n) is 3.90. The van der Waals surface area contributed by atoms with E-state index in [0.717, 1.165) is 17.9 Å². The number of anilines is 2. The Morgan fingerprint density at radius 2 is 1.50 bits per heavy atom. The van der Waals surface area contributed by atoms with Crippen molar-refractivity contribution in [1.82, 2.24) is 0 Å². The van der Waals surface area contributed by atoms with Crippen molar-refractivity contribution in [3.63, 3.8) is 0 Å². The van der Waals surface area contributed by atoms with Gasteiger partial charge in [0, 0.05) is 17.9 Å². The summed E-state index contributed by atoms with van der Waals surface area (Å²) < 4.78 is 5.44. The van der Waals surface area contributed by atoms with Crippen molar-refractivity contribution in [2.45, 2.75) is 13.5 Å². The standard InChI is InChI=1S/C22H22N2O2/c1-17-7-9-18(10-8-17)15-23-19-11-13-20(14-12-19)24-22(25)16-26-21-5-3-2-4-6-21/h2-14,23H,15-16H2,1H3,(H,24,25). The molecule has 2 N–H and O–H groups in total. The van der Waals surface area contributed by atoms with Crippen LogP contribution >= 0.6 is 0 Å². The molecule has 132 valence electrons. The summed E-state index contributed by atoms with van der Waals surface area (Å²) in [5.41, 5.74) is 4.23. The first-order valence-electron chi connectivity index (χ1n) is 8.56. The molecule has 0 atom stereocenters. The molecule has 3 aromatic carbocycles. The first-order valence-corrected chi connectivity index (χ1v) is 8.56. The molecule has 0 aliphatic carbocycles. The van der Waals surface area contributed by atoms with Crippen molar-refractivity contribution in [1.29, 1.82) is 0 Å². The number of para-hydroxylation sites is 1. The minimum atomic E-state index is -0.186. The number of aryl methyl sites for hydroxylation is 1. The number of hydrogen-bond donors (Lipinski definition) is 2. The summed E-state index contributed by atoms with van der Waals surface area (Å²) in [5, 5.41) is 6.20. The SMILES string of the molecule is Cc1ccc(CNc2ccc(NC(=O)COc3ccccc3)cc2)cc1. The molecule has 4 heteroatoms. The zero-order valence-corrected chi connectivity index (χ0v) is 14.7. The van der Waals surface area contributed by atoms with Gasteiger partial charge in [0.05, 0.1) is 0 Å². The van der Waals surface area contributed by atoms with Gasteiger partial charge in [-0.2, -0.15) is 0 Å². The molecule has 0 bridgehead atoms. The molecule has 4 nitrogen and oxygen atoms in total. The Hall–Kier alpha value is -3.27. The quantitative estimate of drug-likeness (QED) is 0.656. The zero-order chi connectivity index (χ0) is 18.2. The molecular weight excluding hydrogens is 324 g/mol. The van der Waals surface area contributed by atoms with Crippen LogP contribution < -0.4 is 15.4 Å². The molecule has 0 aliphatic heterocycles. The molecule has 26 heavy (non-hydrogen) atoms. The van der Waals surface area contributed by atoms with Crippen LogP contribution in [0.5, 0.6) is 5.75 Å². The van der Waals surface area contributed by atoms with Crippen molar-refractivity contribution in [2.75, 3.05) is 17.2 Å². The summed E-state index contributed by atoms with van der Waals surface area (Å²) in [6, 6.07) is 25.4. The molecule has 0 aromatic heterocycles. The number of rotatable bonds is 7. The number of amides is 1.